The summed E-state index contributed by atoms with van der Waals surface area (Å²) in [4.78, 5) is 13.5. The van der Waals surface area contributed by atoms with Gasteiger partial charge < -0.3 is 10.6 Å². The van der Waals surface area contributed by atoms with Gasteiger partial charge in [-0.05, 0) is 56.1 Å². The van der Waals surface area contributed by atoms with Gasteiger partial charge in [0.2, 0.25) is 5.91 Å². The number of likely N-dealkylation sites (tertiary alicyclic amines) is 1. The Morgan fingerprint density at radius 1 is 1.29 bits per heavy atom. The molecule has 92 valence electrons. The standard InChI is InChI=1S/C14H20N2O/c1-2-16-9-7-12(8-10-16)11-3-5-13(6-4-11)14(15)17/h3-6,12H,2,7-10H2,1H3,(H2,15,17). The fraction of sp³-hybridized carbons (Fsp3) is 0.500. The minimum Gasteiger partial charge on any atom is -0.366 e. The molecule has 0 unspecified atom stereocenters. The average Bonchev–Trinajstić information content (AvgIpc) is 2.39. The van der Waals surface area contributed by atoms with E-state index in [-0.39, 0.29) is 5.91 Å². The lowest BCUT2D eigenvalue weighted by atomic mass is 9.89. The van der Waals surface area contributed by atoms with Gasteiger partial charge in [-0.15, -0.1) is 0 Å². The van der Waals surface area contributed by atoms with Crippen LogP contribution in [0, 0.1) is 0 Å². The Hall–Kier alpha value is -1.35. The molecule has 1 saturated heterocycles. The average molecular weight is 232 g/mol. The topological polar surface area (TPSA) is 46.3 Å². The van der Waals surface area contributed by atoms with Gasteiger partial charge in [-0.2, -0.15) is 0 Å². The quantitative estimate of drug-likeness (QED) is 0.866. The molecule has 1 heterocycles. The van der Waals surface area contributed by atoms with Gasteiger partial charge in [0, 0.05) is 5.56 Å². The van der Waals surface area contributed by atoms with Crippen LogP contribution in [-0.2, 0) is 0 Å². The highest BCUT2D eigenvalue weighted by Gasteiger charge is 2.19. The maximum absolute atomic E-state index is 11.0. The molecule has 0 aromatic heterocycles. The summed E-state index contributed by atoms with van der Waals surface area (Å²) in [6.45, 7) is 5.72. The summed E-state index contributed by atoms with van der Waals surface area (Å²) in [7, 11) is 0. The van der Waals surface area contributed by atoms with E-state index in [1.807, 2.05) is 24.3 Å². The van der Waals surface area contributed by atoms with Crippen molar-refractivity contribution < 1.29 is 4.79 Å². The number of benzene rings is 1. The van der Waals surface area contributed by atoms with Gasteiger partial charge in [0.25, 0.3) is 0 Å². The summed E-state index contributed by atoms with van der Waals surface area (Å²) in [6.07, 6.45) is 2.42. The van der Waals surface area contributed by atoms with Crippen LogP contribution in [0.5, 0.6) is 0 Å². The van der Waals surface area contributed by atoms with Gasteiger partial charge in [-0.1, -0.05) is 19.1 Å². The molecule has 0 radical (unpaired) electrons. The third-order valence-corrected chi connectivity index (χ3v) is 3.70. The van der Waals surface area contributed by atoms with Gasteiger partial charge in [0.05, 0.1) is 0 Å². The predicted molar refractivity (Wildman–Crippen MR) is 69.0 cm³/mol. The summed E-state index contributed by atoms with van der Waals surface area (Å²) in [6, 6.07) is 7.77. The zero-order valence-corrected chi connectivity index (χ0v) is 10.4. The molecular formula is C14H20N2O. The second kappa shape index (κ2) is 5.32. The van der Waals surface area contributed by atoms with E-state index in [1.54, 1.807) is 0 Å². The number of carbonyl (C=O) groups is 1. The summed E-state index contributed by atoms with van der Waals surface area (Å²) in [5.41, 5.74) is 7.17. The van der Waals surface area contributed by atoms with Crippen LogP contribution >= 0.6 is 0 Å². The Bertz CT molecular complexity index is 378. The molecule has 0 saturated carbocycles. The highest BCUT2D eigenvalue weighted by atomic mass is 16.1. The van der Waals surface area contributed by atoms with Crippen molar-refractivity contribution in [1.29, 1.82) is 0 Å². The number of hydrogen-bond acceptors (Lipinski definition) is 2. The molecule has 3 heteroatoms. The van der Waals surface area contributed by atoms with E-state index in [9.17, 15) is 4.79 Å². The van der Waals surface area contributed by atoms with Crippen LogP contribution in [0.1, 0.15) is 41.6 Å². The molecular weight excluding hydrogens is 212 g/mol. The molecule has 1 fully saturated rings. The van der Waals surface area contributed by atoms with Crippen LogP contribution < -0.4 is 5.73 Å². The first-order valence-corrected chi connectivity index (χ1v) is 6.33. The van der Waals surface area contributed by atoms with E-state index in [2.05, 4.69) is 11.8 Å². The third-order valence-electron chi connectivity index (χ3n) is 3.70. The van der Waals surface area contributed by atoms with Gasteiger partial charge in [0.15, 0.2) is 0 Å². The van der Waals surface area contributed by atoms with Crippen LogP contribution in [0.25, 0.3) is 0 Å². The van der Waals surface area contributed by atoms with Crippen LogP contribution in [0.4, 0.5) is 0 Å². The fourth-order valence-corrected chi connectivity index (χ4v) is 2.50. The van der Waals surface area contributed by atoms with Crippen molar-refractivity contribution in [2.75, 3.05) is 19.6 Å². The van der Waals surface area contributed by atoms with E-state index >= 15 is 0 Å². The highest BCUT2D eigenvalue weighted by Crippen LogP contribution is 2.27. The SMILES string of the molecule is CCN1CCC(c2ccc(C(N)=O)cc2)CC1. The minimum atomic E-state index is -0.350. The van der Waals surface area contributed by atoms with Crippen molar-refractivity contribution in [3.63, 3.8) is 0 Å². The summed E-state index contributed by atoms with van der Waals surface area (Å²) in [5, 5.41) is 0. The lowest BCUT2D eigenvalue weighted by molar-refractivity contribution is 0.100. The summed E-state index contributed by atoms with van der Waals surface area (Å²) < 4.78 is 0. The molecule has 3 nitrogen and oxygen atoms in total. The van der Waals surface area contributed by atoms with Gasteiger partial charge >= 0.3 is 0 Å². The zero-order chi connectivity index (χ0) is 12.3. The molecule has 1 aliphatic heterocycles. The van der Waals surface area contributed by atoms with Crippen LogP contribution in [0.2, 0.25) is 0 Å². The molecule has 1 aliphatic rings. The molecule has 1 amide bonds. The molecule has 0 spiro atoms. The molecule has 0 bridgehead atoms. The van der Waals surface area contributed by atoms with Crippen molar-refractivity contribution >= 4 is 5.91 Å². The van der Waals surface area contributed by atoms with E-state index in [0.717, 1.165) is 6.54 Å². The number of nitrogens with two attached hydrogens (primary N) is 1. The first-order chi connectivity index (χ1) is 8.20. The molecule has 17 heavy (non-hydrogen) atoms. The second-order valence-electron chi connectivity index (χ2n) is 4.69. The van der Waals surface area contributed by atoms with Crippen LogP contribution in [0.3, 0.4) is 0 Å². The number of rotatable bonds is 3. The minimum absolute atomic E-state index is 0.350. The smallest absolute Gasteiger partial charge is 0.248 e. The summed E-state index contributed by atoms with van der Waals surface area (Å²) >= 11 is 0. The Morgan fingerprint density at radius 2 is 1.88 bits per heavy atom. The van der Waals surface area contributed by atoms with Crippen LogP contribution in [0.15, 0.2) is 24.3 Å². The number of carbonyl (C=O) groups excluding carboxylic acids is 1. The Labute approximate surface area is 103 Å². The monoisotopic (exact) mass is 232 g/mol. The maximum Gasteiger partial charge on any atom is 0.248 e. The summed E-state index contributed by atoms with van der Waals surface area (Å²) in [5.74, 6) is 0.289. The largest absolute Gasteiger partial charge is 0.366 e. The van der Waals surface area contributed by atoms with E-state index in [4.69, 9.17) is 5.73 Å². The zero-order valence-electron chi connectivity index (χ0n) is 10.4. The van der Waals surface area contributed by atoms with Crippen molar-refractivity contribution in [1.82, 2.24) is 4.90 Å². The van der Waals surface area contributed by atoms with Gasteiger partial charge in [-0.3, -0.25) is 4.79 Å². The highest BCUT2D eigenvalue weighted by molar-refractivity contribution is 5.92. The van der Waals surface area contributed by atoms with Crippen molar-refractivity contribution in [2.24, 2.45) is 5.73 Å². The normalized spacial score (nSPS) is 18.2. The van der Waals surface area contributed by atoms with E-state index in [0.29, 0.717) is 11.5 Å². The van der Waals surface area contributed by atoms with Crippen LogP contribution in [-0.4, -0.2) is 30.4 Å². The third kappa shape index (κ3) is 2.86. The maximum atomic E-state index is 11.0. The first-order valence-electron chi connectivity index (χ1n) is 6.33. The number of piperidine rings is 1. The van der Waals surface area contributed by atoms with Crippen molar-refractivity contribution in [2.45, 2.75) is 25.7 Å². The lowest BCUT2D eigenvalue weighted by Gasteiger charge is -2.31. The number of hydrogen-bond donors (Lipinski definition) is 1. The molecule has 1 aromatic rings. The van der Waals surface area contributed by atoms with E-state index < -0.39 is 0 Å². The van der Waals surface area contributed by atoms with Crippen molar-refractivity contribution in [3.05, 3.63) is 35.4 Å². The molecule has 0 atom stereocenters. The Balaban J connectivity index is 2.01. The number of amides is 1. The number of primary amides is 1. The first kappa shape index (κ1) is 12.1. The number of nitrogens with zero attached hydrogens (tertiary/aromatic N) is 1. The lowest BCUT2D eigenvalue weighted by Crippen LogP contribution is -2.32. The van der Waals surface area contributed by atoms with Crippen molar-refractivity contribution in [3.8, 4) is 0 Å². The fourth-order valence-electron chi connectivity index (χ4n) is 2.50. The molecule has 0 aliphatic carbocycles. The van der Waals surface area contributed by atoms with Gasteiger partial charge in [0.1, 0.15) is 0 Å². The van der Waals surface area contributed by atoms with E-state index in [1.165, 1.54) is 31.5 Å². The molecule has 2 rings (SSSR count). The molecule has 1 aromatic carbocycles. The predicted octanol–water partition coefficient (Wildman–Crippen LogP) is 1.98. The molecule has 2 N–H and O–H groups in total. The second-order valence-corrected chi connectivity index (χ2v) is 4.69. The van der Waals surface area contributed by atoms with Gasteiger partial charge in [-0.25, -0.2) is 0 Å². The Morgan fingerprint density at radius 3 is 2.35 bits per heavy atom. The Kier molecular flexibility index (Phi) is 3.79.